The molecular weight excluding hydrogens is 388 g/mol. The lowest BCUT2D eigenvalue weighted by Gasteiger charge is -2.05. The van der Waals surface area contributed by atoms with Gasteiger partial charge in [0.25, 0.3) is 11.3 Å². The number of nitrogens with zero attached hydrogens (tertiary/aromatic N) is 7. The van der Waals surface area contributed by atoms with E-state index in [2.05, 4.69) is 30.6 Å². The third kappa shape index (κ3) is 3.28. The highest BCUT2D eigenvalue weighted by Gasteiger charge is 2.14. The van der Waals surface area contributed by atoms with Gasteiger partial charge in [0.05, 0.1) is 5.75 Å². The molecule has 27 heavy (non-hydrogen) atoms. The number of anilines is 1. The van der Waals surface area contributed by atoms with Gasteiger partial charge in [0, 0.05) is 16.8 Å². The number of fused-ring (bicyclic) bond motifs is 2. The molecule has 1 N–H and O–H groups in total. The quantitative estimate of drug-likeness (QED) is 0.507. The highest BCUT2D eigenvalue weighted by molar-refractivity contribution is 7.99. The molecule has 0 aliphatic heterocycles. The monoisotopic (exact) mass is 402 g/mol. The Morgan fingerprint density at radius 2 is 2.07 bits per heavy atom. The van der Waals surface area contributed by atoms with E-state index in [1.54, 1.807) is 12.3 Å². The van der Waals surface area contributed by atoms with Crippen molar-refractivity contribution in [3.63, 3.8) is 0 Å². The van der Waals surface area contributed by atoms with Crippen molar-refractivity contribution in [2.75, 3.05) is 11.1 Å². The predicted molar refractivity (Wildman–Crippen MR) is 101 cm³/mol. The van der Waals surface area contributed by atoms with Crippen LogP contribution >= 0.6 is 23.1 Å². The number of thioether (sulfide) groups is 1. The fraction of sp³-hybridized carbons (Fsp3) is 0.267. The SMILES string of the molecule is Cc1cc(C)n2c(SCC(=O)Nc3csc4nc(=O)c(C)nn34)nnc2n1. The van der Waals surface area contributed by atoms with E-state index >= 15 is 0 Å². The number of hydrogen-bond acceptors (Lipinski definition) is 9. The van der Waals surface area contributed by atoms with Crippen molar-refractivity contribution in [1.29, 1.82) is 0 Å². The van der Waals surface area contributed by atoms with E-state index in [9.17, 15) is 9.59 Å². The maximum atomic E-state index is 12.4. The molecule has 0 aliphatic rings. The summed E-state index contributed by atoms with van der Waals surface area (Å²) in [6.07, 6.45) is 0. The van der Waals surface area contributed by atoms with Crippen molar-refractivity contribution in [3.8, 4) is 0 Å². The van der Waals surface area contributed by atoms with Crippen molar-refractivity contribution < 1.29 is 4.79 Å². The summed E-state index contributed by atoms with van der Waals surface area (Å²) >= 11 is 2.50. The van der Waals surface area contributed by atoms with Gasteiger partial charge >= 0.3 is 0 Å². The molecule has 0 spiro atoms. The number of carbonyl (C=O) groups excluding carboxylic acids is 1. The van der Waals surface area contributed by atoms with E-state index < -0.39 is 0 Å². The molecule has 0 saturated carbocycles. The van der Waals surface area contributed by atoms with Gasteiger partial charge in [-0.25, -0.2) is 4.98 Å². The smallest absolute Gasteiger partial charge is 0.295 e. The minimum absolute atomic E-state index is 0.137. The second-order valence-electron chi connectivity index (χ2n) is 5.81. The van der Waals surface area contributed by atoms with Crippen LogP contribution in [0.3, 0.4) is 0 Å². The van der Waals surface area contributed by atoms with Crippen LogP contribution in [0.15, 0.2) is 21.4 Å². The second kappa shape index (κ2) is 6.70. The molecule has 0 radical (unpaired) electrons. The Hall–Kier alpha value is -2.86. The summed E-state index contributed by atoms with van der Waals surface area (Å²) in [6.45, 7) is 5.41. The molecule has 4 rings (SSSR count). The van der Waals surface area contributed by atoms with Gasteiger partial charge in [0.2, 0.25) is 10.9 Å². The normalized spacial score (nSPS) is 11.4. The van der Waals surface area contributed by atoms with Crippen LogP contribution < -0.4 is 10.9 Å². The van der Waals surface area contributed by atoms with E-state index in [4.69, 9.17) is 0 Å². The van der Waals surface area contributed by atoms with Crippen molar-refractivity contribution in [2.45, 2.75) is 25.9 Å². The van der Waals surface area contributed by atoms with E-state index in [0.717, 1.165) is 11.4 Å². The van der Waals surface area contributed by atoms with Gasteiger partial charge in [-0.1, -0.05) is 11.8 Å². The van der Waals surface area contributed by atoms with E-state index in [1.807, 2.05) is 24.3 Å². The zero-order valence-corrected chi connectivity index (χ0v) is 16.3. The molecule has 10 nitrogen and oxygen atoms in total. The molecule has 0 atom stereocenters. The van der Waals surface area contributed by atoms with Gasteiger partial charge in [0.1, 0.15) is 11.5 Å². The fourth-order valence-corrected chi connectivity index (χ4v) is 4.06. The number of carbonyl (C=O) groups is 1. The number of amides is 1. The molecule has 0 unspecified atom stereocenters. The molecule has 0 fully saturated rings. The summed E-state index contributed by atoms with van der Waals surface area (Å²) in [4.78, 5) is 32.6. The van der Waals surface area contributed by atoms with Gasteiger partial charge < -0.3 is 5.32 Å². The molecule has 4 aromatic rings. The summed E-state index contributed by atoms with van der Waals surface area (Å²) in [6, 6.07) is 1.93. The predicted octanol–water partition coefficient (Wildman–Crippen LogP) is 1.24. The summed E-state index contributed by atoms with van der Waals surface area (Å²) in [5.41, 5.74) is 1.71. The van der Waals surface area contributed by atoms with Gasteiger partial charge in [0.15, 0.2) is 5.16 Å². The summed E-state index contributed by atoms with van der Waals surface area (Å²) in [5.74, 6) is 0.884. The molecule has 0 aliphatic carbocycles. The van der Waals surface area contributed by atoms with Crippen LogP contribution in [0, 0.1) is 20.8 Å². The maximum absolute atomic E-state index is 12.4. The van der Waals surface area contributed by atoms with Crippen molar-refractivity contribution in [2.24, 2.45) is 0 Å². The lowest BCUT2D eigenvalue weighted by molar-refractivity contribution is -0.113. The second-order valence-corrected chi connectivity index (χ2v) is 7.59. The minimum Gasteiger partial charge on any atom is -0.309 e. The standard InChI is InChI=1S/C15H14N8O2S2/c1-7-4-8(2)22-13(16-7)19-20-15(22)27-6-11(24)17-10-5-26-14-18-12(25)9(3)21-23(10)14/h4-5H,6H2,1-3H3,(H,17,24). The third-order valence-electron chi connectivity index (χ3n) is 3.71. The molecule has 0 saturated heterocycles. The van der Waals surface area contributed by atoms with Gasteiger partial charge in [-0.05, 0) is 26.8 Å². The molecule has 4 aromatic heterocycles. The number of nitrogens with one attached hydrogen (secondary N) is 1. The van der Waals surface area contributed by atoms with Crippen molar-refractivity contribution >= 4 is 45.6 Å². The first-order valence-electron chi connectivity index (χ1n) is 7.89. The molecule has 0 bridgehead atoms. The lowest BCUT2D eigenvalue weighted by atomic mass is 10.3. The minimum atomic E-state index is -0.372. The highest BCUT2D eigenvalue weighted by Crippen LogP contribution is 2.20. The average Bonchev–Trinajstić information content (AvgIpc) is 3.18. The molecule has 4 heterocycles. The van der Waals surface area contributed by atoms with Crippen LogP contribution in [-0.4, -0.2) is 45.8 Å². The van der Waals surface area contributed by atoms with Crippen LogP contribution in [0.1, 0.15) is 17.1 Å². The Bertz CT molecular complexity index is 1240. The van der Waals surface area contributed by atoms with Gasteiger partial charge in [-0.15, -0.1) is 21.5 Å². The highest BCUT2D eigenvalue weighted by atomic mass is 32.2. The Morgan fingerprint density at radius 1 is 1.26 bits per heavy atom. The largest absolute Gasteiger partial charge is 0.309 e. The zero-order valence-electron chi connectivity index (χ0n) is 14.6. The van der Waals surface area contributed by atoms with E-state index in [-0.39, 0.29) is 22.9 Å². The van der Waals surface area contributed by atoms with Crippen molar-refractivity contribution in [3.05, 3.63) is 38.9 Å². The first-order chi connectivity index (χ1) is 12.9. The Balaban J connectivity index is 1.51. The lowest BCUT2D eigenvalue weighted by Crippen LogP contribution is -2.19. The summed E-state index contributed by atoms with van der Waals surface area (Å²) in [5, 5.41) is 17.4. The van der Waals surface area contributed by atoms with Crippen LogP contribution in [0.4, 0.5) is 5.82 Å². The van der Waals surface area contributed by atoms with Crippen LogP contribution in [0.25, 0.3) is 10.7 Å². The Morgan fingerprint density at radius 3 is 2.89 bits per heavy atom. The van der Waals surface area contributed by atoms with Gasteiger partial charge in [-0.3, -0.25) is 14.0 Å². The number of thiazole rings is 1. The number of aromatic nitrogens is 7. The third-order valence-corrected chi connectivity index (χ3v) is 5.45. The first kappa shape index (κ1) is 17.5. The van der Waals surface area contributed by atoms with E-state index in [0.29, 0.717) is 21.7 Å². The average molecular weight is 402 g/mol. The van der Waals surface area contributed by atoms with Gasteiger partial charge in [-0.2, -0.15) is 14.6 Å². The Labute approximate surface area is 160 Å². The number of rotatable bonds is 4. The Kier molecular flexibility index (Phi) is 4.36. The number of aryl methyl sites for hydroxylation is 3. The first-order valence-corrected chi connectivity index (χ1v) is 9.76. The maximum Gasteiger partial charge on any atom is 0.295 e. The molecule has 12 heteroatoms. The van der Waals surface area contributed by atoms with Crippen molar-refractivity contribution in [1.82, 2.24) is 34.2 Å². The molecule has 1 amide bonds. The van der Waals surface area contributed by atoms with Crippen LogP contribution in [0.2, 0.25) is 0 Å². The zero-order chi connectivity index (χ0) is 19.1. The van der Waals surface area contributed by atoms with E-state index in [1.165, 1.54) is 27.6 Å². The fourth-order valence-electron chi connectivity index (χ4n) is 2.53. The molecular formula is C15H14N8O2S2. The van der Waals surface area contributed by atoms with Crippen LogP contribution in [-0.2, 0) is 4.79 Å². The summed E-state index contributed by atoms with van der Waals surface area (Å²) in [7, 11) is 0. The van der Waals surface area contributed by atoms with Crippen LogP contribution in [0.5, 0.6) is 0 Å². The molecule has 138 valence electrons. The topological polar surface area (TPSA) is 119 Å². The number of hydrogen-bond donors (Lipinski definition) is 1. The summed E-state index contributed by atoms with van der Waals surface area (Å²) < 4.78 is 3.26. The molecule has 0 aromatic carbocycles.